The van der Waals surface area contributed by atoms with Gasteiger partial charge in [-0.3, -0.25) is 0 Å². The van der Waals surface area contributed by atoms with Gasteiger partial charge in [-0.25, -0.2) is 0 Å². The Bertz CT molecular complexity index is 908. The van der Waals surface area contributed by atoms with E-state index < -0.39 is 0 Å². The van der Waals surface area contributed by atoms with Crippen molar-refractivity contribution in [2.75, 3.05) is 34.2 Å². The van der Waals surface area contributed by atoms with Gasteiger partial charge in [0.25, 0.3) is 0 Å². The van der Waals surface area contributed by atoms with Crippen molar-refractivity contribution in [2.45, 2.75) is 25.5 Å². The molecule has 5 rings (SSSR count). The number of rotatable bonds is 3. The summed E-state index contributed by atoms with van der Waals surface area (Å²) in [6.45, 7) is 1.49. The summed E-state index contributed by atoms with van der Waals surface area (Å²) in [4.78, 5) is 0. The zero-order chi connectivity index (χ0) is 18.6. The van der Waals surface area contributed by atoms with Crippen LogP contribution in [0.2, 0.25) is 0 Å². The molecule has 3 heterocycles. The third-order valence-electron chi connectivity index (χ3n) is 6.11. The van der Waals surface area contributed by atoms with Gasteiger partial charge in [-0.05, 0) is 29.3 Å². The van der Waals surface area contributed by atoms with Crippen molar-refractivity contribution < 1.29 is 28.5 Å². The van der Waals surface area contributed by atoms with Crippen LogP contribution in [0.15, 0.2) is 24.3 Å². The highest BCUT2D eigenvalue weighted by molar-refractivity contribution is 5.53. The number of fused-ring (bicyclic) bond motifs is 3. The fourth-order valence-corrected chi connectivity index (χ4v) is 4.47. The number of aliphatic hydroxyl groups excluding tert-OH is 1. The maximum Gasteiger partial charge on any atom is 0.231 e. The molecule has 142 valence electrons. The third kappa shape index (κ3) is 2.63. The molecular formula is C21H24NO5+. The first-order chi connectivity index (χ1) is 13.1. The molecule has 2 aromatic carbocycles. The van der Waals surface area contributed by atoms with E-state index in [1.165, 1.54) is 11.1 Å². The van der Waals surface area contributed by atoms with E-state index in [4.69, 9.17) is 18.9 Å². The number of aliphatic hydroxyl groups is 1. The zero-order valence-electron chi connectivity index (χ0n) is 15.7. The monoisotopic (exact) mass is 370 g/mol. The maximum atomic E-state index is 9.99. The molecule has 6 heteroatoms. The van der Waals surface area contributed by atoms with Crippen molar-refractivity contribution in [1.82, 2.24) is 0 Å². The van der Waals surface area contributed by atoms with Crippen LogP contribution in [0.4, 0.5) is 0 Å². The second-order valence-electron chi connectivity index (χ2n) is 7.97. The Hall–Kier alpha value is -2.44. The molecule has 2 aromatic rings. The molecule has 0 saturated carbocycles. The fourth-order valence-electron chi connectivity index (χ4n) is 4.47. The molecule has 6 nitrogen and oxygen atoms in total. The van der Waals surface area contributed by atoms with Crippen LogP contribution in [-0.4, -0.2) is 43.8 Å². The predicted octanol–water partition coefficient (Wildman–Crippen LogP) is 2.55. The highest BCUT2D eigenvalue weighted by atomic mass is 16.7. The Balaban J connectivity index is 1.57. The van der Waals surface area contributed by atoms with Crippen LogP contribution >= 0.6 is 0 Å². The average Bonchev–Trinajstić information content (AvgIpc) is 3.30. The van der Waals surface area contributed by atoms with E-state index in [1.54, 1.807) is 0 Å². The SMILES string of the molecule is C[N+]1(C)CCc2cc3c(cc2[C@@H]1Cc1ccc2c(c1CO)OCO2)OCO3. The Kier molecular flexibility index (Phi) is 3.74. The van der Waals surface area contributed by atoms with Crippen LogP contribution in [-0.2, 0) is 19.4 Å². The van der Waals surface area contributed by atoms with E-state index >= 15 is 0 Å². The normalized spacial score (nSPS) is 21.2. The van der Waals surface area contributed by atoms with Crippen molar-refractivity contribution in [3.8, 4) is 23.0 Å². The lowest BCUT2D eigenvalue weighted by Crippen LogP contribution is -2.48. The fraction of sp³-hybridized carbons (Fsp3) is 0.429. The minimum Gasteiger partial charge on any atom is -0.454 e. The minimum atomic E-state index is -0.0595. The van der Waals surface area contributed by atoms with E-state index in [0.717, 1.165) is 46.5 Å². The number of likely N-dealkylation sites (N-methyl/N-ethyl adjacent to an activating group) is 1. The maximum absolute atomic E-state index is 9.99. The molecule has 0 radical (unpaired) electrons. The van der Waals surface area contributed by atoms with Crippen LogP contribution < -0.4 is 18.9 Å². The summed E-state index contributed by atoms with van der Waals surface area (Å²) in [5.74, 6) is 3.07. The van der Waals surface area contributed by atoms with Crippen LogP contribution in [0.3, 0.4) is 0 Å². The van der Waals surface area contributed by atoms with E-state index in [0.29, 0.717) is 11.5 Å². The second kappa shape index (κ2) is 6.04. The molecule has 0 unspecified atom stereocenters. The summed E-state index contributed by atoms with van der Waals surface area (Å²) in [6.07, 6.45) is 1.83. The van der Waals surface area contributed by atoms with Gasteiger partial charge in [0.2, 0.25) is 13.6 Å². The number of nitrogens with zero attached hydrogens (tertiary/aromatic N) is 1. The smallest absolute Gasteiger partial charge is 0.231 e. The minimum absolute atomic E-state index is 0.0595. The number of quaternary nitrogens is 1. The van der Waals surface area contributed by atoms with Crippen molar-refractivity contribution in [3.63, 3.8) is 0 Å². The number of ether oxygens (including phenoxy) is 4. The van der Waals surface area contributed by atoms with E-state index in [-0.39, 0.29) is 26.2 Å². The van der Waals surface area contributed by atoms with Crippen LogP contribution in [0, 0.1) is 0 Å². The van der Waals surface area contributed by atoms with Gasteiger partial charge < -0.3 is 28.5 Å². The first-order valence-corrected chi connectivity index (χ1v) is 9.33. The van der Waals surface area contributed by atoms with Crippen molar-refractivity contribution >= 4 is 0 Å². The van der Waals surface area contributed by atoms with Crippen molar-refractivity contribution in [3.05, 3.63) is 46.5 Å². The van der Waals surface area contributed by atoms with Crippen LogP contribution in [0.1, 0.15) is 28.3 Å². The Morgan fingerprint density at radius 2 is 1.74 bits per heavy atom. The highest BCUT2D eigenvalue weighted by Crippen LogP contribution is 2.45. The molecule has 3 aliphatic heterocycles. The van der Waals surface area contributed by atoms with E-state index in [9.17, 15) is 5.11 Å². The van der Waals surface area contributed by atoms with Gasteiger partial charge in [0.15, 0.2) is 23.0 Å². The Morgan fingerprint density at radius 3 is 2.56 bits per heavy atom. The van der Waals surface area contributed by atoms with Gasteiger partial charge in [0.1, 0.15) is 6.04 Å². The number of benzene rings is 2. The molecule has 0 aliphatic carbocycles. The first kappa shape index (κ1) is 16.7. The molecule has 0 saturated heterocycles. The van der Waals surface area contributed by atoms with Gasteiger partial charge in [0.05, 0.1) is 27.2 Å². The second-order valence-corrected chi connectivity index (χ2v) is 7.97. The lowest BCUT2D eigenvalue weighted by molar-refractivity contribution is -0.923. The summed E-state index contributed by atoms with van der Waals surface area (Å²) >= 11 is 0. The van der Waals surface area contributed by atoms with E-state index in [1.807, 2.05) is 6.07 Å². The average molecular weight is 370 g/mol. The summed E-state index contributed by atoms with van der Waals surface area (Å²) in [5, 5.41) is 9.99. The standard InChI is InChI=1S/C21H24NO5/c1-22(2)6-5-14-8-19-20(26-11-25-19)9-15(14)17(22)7-13-3-4-18-21(16(13)10-23)27-12-24-18/h3-4,8-9,17,23H,5-7,10-12H2,1-2H3/q+1/t17-/m0/s1. The molecule has 0 aromatic heterocycles. The van der Waals surface area contributed by atoms with Gasteiger partial charge in [-0.2, -0.15) is 0 Å². The molecule has 0 bridgehead atoms. The molecule has 1 N–H and O–H groups in total. The molecule has 27 heavy (non-hydrogen) atoms. The number of hydrogen-bond acceptors (Lipinski definition) is 5. The van der Waals surface area contributed by atoms with Gasteiger partial charge in [0, 0.05) is 24.0 Å². The van der Waals surface area contributed by atoms with Gasteiger partial charge >= 0.3 is 0 Å². The topological polar surface area (TPSA) is 57.2 Å². The van der Waals surface area contributed by atoms with Gasteiger partial charge in [-0.1, -0.05) is 6.07 Å². The molecule has 0 fully saturated rings. The largest absolute Gasteiger partial charge is 0.454 e. The zero-order valence-corrected chi connectivity index (χ0v) is 15.7. The van der Waals surface area contributed by atoms with Crippen molar-refractivity contribution in [2.24, 2.45) is 0 Å². The summed E-state index contributed by atoms with van der Waals surface area (Å²) in [7, 11) is 4.54. The van der Waals surface area contributed by atoms with Crippen LogP contribution in [0.25, 0.3) is 0 Å². The van der Waals surface area contributed by atoms with Gasteiger partial charge in [-0.15, -0.1) is 0 Å². The van der Waals surface area contributed by atoms with Crippen molar-refractivity contribution in [1.29, 1.82) is 0 Å². The summed E-state index contributed by atoms with van der Waals surface area (Å²) in [5.41, 5.74) is 4.56. The molecule has 0 amide bonds. The summed E-state index contributed by atoms with van der Waals surface area (Å²) < 4.78 is 23.2. The van der Waals surface area contributed by atoms with E-state index in [2.05, 4.69) is 32.3 Å². The lowest BCUT2D eigenvalue weighted by Gasteiger charge is -2.43. The lowest BCUT2D eigenvalue weighted by atomic mass is 9.86. The third-order valence-corrected chi connectivity index (χ3v) is 6.11. The molecule has 3 aliphatic rings. The molecule has 1 atom stereocenters. The predicted molar refractivity (Wildman–Crippen MR) is 98.2 cm³/mol. The van der Waals surface area contributed by atoms with Crippen LogP contribution in [0.5, 0.6) is 23.0 Å². The highest BCUT2D eigenvalue weighted by Gasteiger charge is 2.38. The summed E-state index contributed by atoms with van der Waals surface area (Å²) in [6, 6.07) is 8.54. The molecule has 0 spiro atoms. The Labute approximate surface area is 158 Å². The quantitative estimate of drug-likeness (QED) is 0.842. The first-order valence-electron chi connectivity index (χ1n) is 9.33. The molecular weight excluding hydrogens is 346 g/mol. The number of hydrogen-bond donors (Lipinski definition) is 1. The Morgan fingerprint density at radius 1 is 1.00 bits per heavy atom.